The molecule has 0 saturated heterocycles. The van der Waals surface area contributed by atoms with Gasteiger partial charge in [0.15, 0.2) is 5.71 Å². The molecule has 0 amide bonds. The van der Waals surface area contributed by atoms with E-state index < -0.39 is 11.9 Å². The SMILES string of the molecule is NS/N=C(/c1cccc2ccccc12)C(F)(F)F. The Hall–Kier alpha value is -1.53. The van der Waals surface area contributed by atoms with E-state index in [1.54, 1.807) is 36.4 Å². The molecule has 0 atom stereocenters. The summed E-state index contributed by atoms with van der Waals surface area (Å²) < 4.78 is 42.1. The minimum atomic E-state index is -4.53. The Morgan fingerprint density at radius 2 is 1.72 bits per heavy atom. The van der Waals surface area contributed by atoms with Gasteiger partial charge in [-0.25, -0.2) is 0 Å². The Bertz CT molecular complexity index is 588. The van der Waals surface area contributed by atoms with E-state index in [9.17, 15) is 13.2 Å². The zero-order chi connectivity index (χ0) is 13.2. The van der Waals surface area contributed by atoms with E-state index in [1.165, 1.54) is 6.07 Å². The summed E-state index contributed by atoms with van der Waals surface area (Å²) in [5, 5.41) is 6.27. The van der Waals surface area contributed by atoms with E-state index >= 15 is 0 Å². The molecule has 0 aliphatic rings. The fourth-order valence-electron chi connectivity index (χ4n) is 1.74. The van der Waals surface area contributed by atoms with E-state index in [4.69, 9.17) is 5.14 Å². The molecule has 2 rings (SSSR count). The molecule has 6 heteroatoms. The van der Waals surface area contributed by atoms with Gasteiger partial charge in [-0.2, -0.15) is 17.6 Å². The second kappa shape index (κ2) is 4.99. The fourth-order valence-corrected chi connectivity index (χ4v) is 2.05. The third-order valence-corrected chi connectivity index (χ3v) is 2.75. The lowest BCUT2D eigenvalue weighted by Gasteiger charge is -2.12. The first-order chi connectivity index (χ1) is 8.54. The van der Waals surface area contributed by atoms with Gasteiger partial charge in [0.25, 0.3) is 0 Å². The number of nitrogens with zero attached hydrogens (tertiary/aromatic N) is 1. The minimum Gasteiger partial charge on any atom is -0.258 e. The standard InChI is InChI=1S/C12H9F3N2S/c13-12(14,15)11(17-18-16)10-7-3-5-8-4-1-2-6-9(8)10/h1-7H,16H2/b17-11-. The minimum absolute atomic E-state index is 0.0403. The van der Waals surface area contributed by atoms with Crippen LogP contribution in [0, 0.1) is 0 Å². The first kappa shape index (κ1) is 12.9. The lowest BCUT2D eigenvalue weighted by atomic mass is 10.0. The average molecular weight is 270 g/mol. The van der Waals surface area contributed by atoms with Crippen LogP contribution >= 0.6 is 12.1 Å². The summed E-state index contributed by atoms with van der Waals surface area (Å²) >= 11 is 0.308. The molecule has 0 saturated carbocycles. The van der Waals surface area contributed by atoms with Crippen molar-refractivity contribution in [1.29, 1.82) is 0 Å². The highest BCUT2D eigenvalue weighted by Crippen LogP contribution is 2.28. The van der Waals surface area contributed by atoms with Crippen LogP contribution in [0.25, 0.3) is 10.8 Å². The summed E-state index contributed by atoms with van der Waals surface area (Å²) in [6, 6.07) is 11.6. The fraction of sp³-hybridized carbons (Fsp3) is 0.0833. The second-order valence-corrected chi connectivity index (χ2v) is 3.96. The molecule has 0 radical (unpaired) electrons. The highest BCUT2D eigenvalue weighted by Gasteiger charge is 2.37. The van der Waals surface area contributed by atoms with Gasteiger partial charge in [0.1, 0.15) is 0 Å². The molecule has 18 heavy (non-hydrogen) atoms. The number of hydrogen-bond acceptors (Lipinski definition) is 3. The van der Waals surface area contributed by atoms with Gasteiger partial charge in [-0.05, 0) is 10.8 Å². The first-order valence-electron chi connectivity index (χ1n) is 5.03. The Labute approximate surface area is 106 Å². The maximum Gasteiger partial charge on any atom is 0.434 e. The largest absolute Gasteiger partial charge is 0.434 e. The molecule has 0 aromatic heterocycles. The molecule has 0 bridgehead atoms. The summed E-state index contributed by atoms with van der Waals surface area (Å²) in [5.41, 5.74) is -0.926. The number of benzene rings is 2. The van der Waals surface area contributed by atoms with Gasteiger partial charge in [0, 0.05) is 5.56 Å². The maximum absolute atomic E-state index is 12.9. The van der Waals surface area contributed by atoms with Crippen molar-refractivity contribution in [2.75, 3.05) is 0 Å². The van der Waals surface area contributed by atoms with Crippen LogP contribution in [0.15, 0.2) is 46.9 Å². The summed E-state index contributed by atoms with van der Waals surface area (Å²) in [6.07, 6.45) is -4.53. The van der Waals surface area contributed by atoms with Crippen LogP contribution in [0.5, 0.6) is 0 Å². The summed E-state index contributed by atoms with van der Waals surface area (Å²) in [5.74, 6) is 0. The normalized spacial score (nSPS) is 13.0. The van der Waals surface area contributed by atoms with Crippen molar-refractivity contribution in [1.82, 2.24) is 0 Å². The molecular weight excluding hydrogens is 261 g/mol. The third kappa shape index (κ3) is 2.49. The van der Waals surface area contributed by atoms with Crippen molar-refractivity contribution in [3.63, 3.8) is 0 Å². The summed E-state index contributed by atoms with van der Waals surface area (Å²) in [7, 11) is 0. The molecule has 0 heterocycles. The molecular formula is C12H9F3N2S. The van der Waals surface area contributed by atoms with Crippen molar-refractivity contribution in [2.24, 2.45) is 9.54 Å². The Balaban J connectivity index is 2.69. The van der Waals surface area contributed by atoms with Gasteiger partial charge in [0.05, 0.1) is 12.1 Å². The number of nitrogens with two attached hydrogens (primary N) is 1. The summed E-state index contributed by atoms with van der Waals surface area (Å²) in [6.45, 7) is 0. The molecule has 94 valence electrons. The zero-order valence-electron chi connectivity index (χ0n) is 9.11. The van der Waals surface area contributed by atoms with Crippen LogP contribution in [-0.2, 0) is 0 Å². The van der Waals surface area contributed by atoms with E-state index in [2.05, 4.69) is 4.40 Å². The lowest BCUT2D eigenvalue weighted by molar-refractivity contribution is -0.0577. The average Bonchev–Trinajstić information content (AvgIpc) is 2.34. The molecule has 2 aromatic carbocycles. The van der Waals surface area contributed by atoms with E-state index in [-0.39, 0.29) is 5.56 Å². The molecule has 2 aromatic rings. The monoisotopic (exact) mass is 270 g/mol. The number of halogens is 3. The van der Waals surface area contributed by atoms with Crippen molar-refractivity contribution < 1.29 is 13.2 Å². The Kier molecular flexibility index (Phi) is 3.58. The van der Waals surface area contributed by atoms with Crippen LogP contribution in [0.2, 0.25) is 0 Å². The molecule has 0 aliphatic carbocycles. The van der Waals surface area contributed by atoms with Crippen LogP contribution in [-0.4, -0.2) is 11.9 Å². The second-order valence-electron chi connectivity index (χ2n) is 3.57. The zero-order valence-corrected chi connectivity index (χ0v) is 9.92. The van der Waals surface area contributed by atoms with Crippen LogP contribution in [0.4, 0.5) is 13.2 Å². The predicted molar refractivity (Wildman–Crippen MR) is 68.3 cm³/mol. The quantitative estimate of drug-likeness (QED) is 0.667. The van der Waals surface area contributed by atoms with Crippen molar-refractivity contribution >= 4 is 28.6 Å². The van der Waals surface area contributed by atoms with Crippen molar-refractivity contribution in [2.45, 2.75) is 6.18 Å². The van der Waals surface area contributed by atoms with Crippen molar-refractivity contribution in [3.8, 4) is 0 Å². The number of rotatable bonds is 2. The maximum atomic E-state index is 12.9. The smallest absolute Gasteiger partial charge is 0.258 e. The lowest BCUT2D eigenvalue weighted by Crippen LogP contribution is -2.24. The van der Waals surface area contributed by atoms with Gasteiger partial charge in [-0.15, -0.1) is 0 Å². The van der Waals surface area contributed by atoms with Gasteiger partial charge >= 0.3 is 6.18 Å². The molecule has 2 nitrogen and oxygen atoms in total. The third-order valence-electron chi connectivity index (χ3n) is 2.46. The van der Waals surface area contributed by atoms with Crippen LogP contribution < -0.4 is 5.14 Å². The Morgan fingerprint density at radius 1 is 1.06 bits per heavy atom. The predicted octanol–water partition coefficient (Wildman–Crippen LogP) is 3.71. The van der Waals surface area contributed by atoms with Gasteiger partial charge in [-0.3, -0.25) is 5.14 Å². The van der Waals surface area contributed by atoms with E-state index in [0.29, 0.717) is 17.5 Å². The van der Waals surface area contributed by atoms with Gasteiger partial charge < -0.3 is 0 Å². The van der Waals surface area contributed by atoms with E-state index in [0.717, 1.165) is 5.39 Å². The topological polar surface area (TPSA) is 38.4 Å². The molecule has 0 unspecified atom stereocenters. The summed E-state index contributed by atoms with van der Waals surface area (Å²) in [4.78, 5) is 0. The Morgan fingerprint density at radius 3 is 2.39 bits per heavy atom. The number of hydrogen-bond donors (Lipinski definition) is 1. The molecule has 2 N–H and O–H groups in total. The van der Waals surface area contributed by atoms with Gasteiger partial charge in [-0.1, -0.05) is 42.5 Å². The highest BCUT2D eigenvalue weighted by atomic mass is 32.2. The van der Waals surface area contributed by atoms with Gasteiger partial charge in [0.2, 0.25) is 0 Å². The van der Waals surface area contributed by atoms with Crippen molar-refractivity contribution in [3.05, 3.63) is 48.0 Å². The first-order valence-corrected chi connectivity index (χ1v) is 5.87. The molecule has 0 aliphatic heterocycles. The van der Waals surface area contributed by atoms with E-state index in [1.807, 2.05) is 0 Å². The number of alkyl halides is 3. The number of fused-ring (bicyclic) bond motifs is 1. The molecule has 0 fully saturated rings. The highest BCUT2D eigenvalue weighted by molar-refractivity contribution is 7.95. The van der Waals surface area contributed by atoms with Crippen LogP contribution in [0.1, 0.15) is 5.56 Å². The van der Waals surface area contributed by atoms with Crippen LogP contribution in [0.3, 0.4) is 0 Å². The molecule has 0 spiro atoms.